The Morgan fingerprint density at radius 2 is 0.623 bits per heavy atom. The van der Waals surface area contributed by atoms with E-state index in [4.69, 9.17) is 23.7 Å². The Hall–Kier alpha value is -0.200. The van der Waals surface area contributed by atoms with Crippen LogP contribution >= 0.6 is 0 Å². The second-order valence-corrected chi connectivity index (χ2v) is 22.9. The lowest BCUT2D eigenvalue weighted by molar-refractivity contribution is -0.407. The minimum absolute atomic E-state index is 0.203. The summed E-state index contributed by atoms with van der Waals surface area (Å²) in [6.07, 6.45) is 42.8. The average Bonchev–Trinajstić information content (AvgIpc) is 3.18. The summed E-state index contributed by atoms with van der Waals surface area (Å²) in [5.74, 6) is -0.763. The molecule has 0 radical (unpaired) electrons. The Bertz CT molecular complexity index is 799. The second kappa shape index (κ2) is 40.1. The molecule has 0 spiro atoms. The van der Waals surface area contributed by atoms with E-state index in [2.05, 4.69) is 69.2 Å². The van der Waals surface area contributed by atoms with E-state index in [9.17, 15) is 0 Å². The molecule has 0 amide bonds. The molecule has 0 rings (SSSR count). The highest BCUT2D eigenvalue weighted by Crippen LogP contribution is 2.36. The van der Waals surface area contributed by atoms with E-state index in [1.54, 1.807) is 7.11 Å². The van der Waals surface area contributed by atoms with Crippen molar-refractivity contribution in [1.29, 1.82) is 0 Å². The molecular formula is C56H114O5. The van der Waals surface area contributed by atoms with Crippen LogP contribution in [-0.4, -0.2) is 52.7 Å². The number of hydrogen-bond acceptors (Lipinski definition) is 5. The third-order valence-electron chi connectivity index (χ3n) is 12.5. The highest BCUT2D eigenvalue weighted by Gasteiger charge is 2.42. The van der Waals surface area contributed by atoms with Crippen LogP contribution in [0.2, 0.25) is 0 Å². The fraction of sp³-hybridized carbons (Fsp3) is 1.00. The van der Waals surface area contributed by atoms with Gasteiger partial charge in [0.25, 0.3) is 5.97 Å². The van der Waals surface area contributed by atoms with Crippen LogP contribution in [0.4, 0.5) is 0 Å². The van der Waals surface area contributed by atoms with Crippen molar-refractivity contribution < 1.29 is 23.7 Å². The Labute approximate surface area is 384 Å². The van der Waals surface area contributed by atoms with Gasteiger partial charge in [0.1, 0.15) is 0 Å². The largest absolute Gasteiger partial charge is 0.385 e. The first kappa shape index (κ1) is 60.8. The van der Waals surface area contributed by atoms with E-state index in [0.717, 1.165) is 64.8 Å². The molecule has 5 nitrogen and oxygen atoms in total. The van der Waals surface area contributed by atoms with Crippen LogP contribution in [0.15, 0.2) is 0 Å². The highest BCUT2D eigenvalue weighted by atomic mass is 16.9. The van der Waals surface area contributed by atoms with Crippen LogP contribution in [0.1, 0.15) is 288 Å². The van der Waals surface area contributed by atoms with Gasteiger partial charge >= 0.3 is 0 Å². The number of hydrogen-bond donors (Lipinski definition) is 0. The molecule has 0 aliphatic heterocycles. The second-order valence-electron chi connectivity index (χ2n) is 22.9. The average molecular weight is 868 g/mol. The van der Waals surface area contributed by atoms with Crippen LogP contribution in [-0.2, 0) is 23.7 Å². The highest BCUT2D eigenvalue weighted by molar-refractivity contribution is 4.74. The minimum atomic E-state index is -0.966. The number of methoxy groups -OCH3 is 1. The van der Waals surface area contributed by atoms with Crippen LogP contribution in [0.3, 0.4) is 0 Å². The summed E-state index contributed by atoms with van der Waals surface area (Å²) in [5, 5.41) is 0. The molecule has 61 heavy (non-hydrogen) atoms. The summed E-state index contributed by atoms with van der Waals surface area (Å²) in [5.41, 5.74) is 1.36. The standard InChI is InChI=1S/C56H114O5/c1-12-13-14-15-25-32-41-52(42-39-47-58-48-40-46-57-11)56(59-49-36-29-22-16-19-26-33-43-53(2,3)4,60-50-37-30-23-17-20-27-34-44-54(5,6)7)61-51-38-31-24-18-21-28-35-45-55(8,9)10/h52H,12-51H2,1-11H3. The summed E-state index contributed by atoms with van der Waals surface area (Å²) in [7, 11) is 1.77. The smallest absolute Gasteiger partial charge is 0.285 e. The number of unbranched alkanes of at least 4 members (excludes halogenated alkanes) is 23. The van der Waals surface area contributed by atoms with Crippen molar-refractivity contribution in [2.24, 2.45) is 22.2 Å². The van der Waals surface area contributed by atoms with E-state index >= 15 is 0 Å². The quantitative estimate of drug-likeness (QED) is 0.0451. The van der Waals surface area contributed by atoms with E-state index in [0.29, 0.717) is 36.1 Å². The first-order chi connectivity index (χ1) is 29.1. The molecule has 0 fully saturated rings. The summed E-state index contributed by atoms with van der Waals surface area (Å²) < 4.78 is 32.6. The molecule has 0 aliphatic carbocycles. The Kier molecular flexibility index (Phi) is 40.0. The zero-order valence-electron chi connectivity index (χ0n) is 43.9. The third-order valence-corrected chi connectivity index (χ3v) is 12.5. The maximum absolute atomic E-state index is 7.08. The lowest BCUT2D eigenvalue weighted by atomic mass is 9.89. The van der Waals surface area contributed by atoms with Gasteiger partial charge in [0.2, 0.25) is 0 Å². The lowest BCUT2D eigenvalue weighted by Gasteiger charge is -2.40. The Morgan fingerprint density at radius 3 is 0.984 bits per heavy atom. The molecule has 0 aromatic heterocycles. The van der Waals surface area contributed by atoms with Gasteiger partial charge in [-0.25, -0.2) is 0 Å². The lowest BCUT2D eigenvalue weighted by Crippen LogP contribution is -2.47. The van der Waals surface area contributed by atoms with Crippen molar-refractivity contribution in [3.8, 4) is 0 Å². The first-order valence-electron chi connectivity index (χ1n) is 27.1. The van der Waals surface area contributed by atoms with Crippen molar-refractivity contribution in [1.82, 2.24) is 0 Å². The van der Waals surface area contributed by atoms with Gasteiger partial charge in [-0.1, -0.05) is 223 Å². The van der Waals surface area contributed by atoms with Gasteiger partial charge in [0, 0.05) is 32.8 Å². The van der Waals surface area contributed by atoms with E-state index in [-0.39, 0.29) is 5.92 Å². The molecule has 1 atom stereocenters. The van der Waals surface area contributed by atoms with E-state index in [1.165, 1.54) is 173 Å². The van der Waals surface area contributed by atoms with Gasteiger partial charge in [-0.15, -0.1) is 0 Å². The zero-order chi connectivity index (χ0) is 45.4. The number of ether oxygens (including phenoxy) is 5. The van der Waals surface area contributed by atoms with Gasteiger partial charge in [0.15, 0.2) is 0 Å². The molecule has 0 saturated heterocycles. The molecular weight excluding hydrogens is 753 g/mol. The van der Waals surface area contributed by atoms with Gasteiger partial charge in [0.05, 0.1) is 19.8 Å². The van der Waals surface area contributed by atoms with Crippen molar-refractivity contribution in [3.05, 3.63) is 0 Å². The Morgan fingerprint density at radius 1 is 0.311 bits per heavy atom. The topological polar surface area (TPSA) is 46.2 Å². The molecule has 0 N–H and O–H groups in total. The maximum Gasteiger partial charge on any atom is 0.285 e. The van der Waals surface area contributed by atoms with Crippen LogP contribution in [0.5, 0.6) is 0 Å². The monoisotopic (exact) mass is 867 g/mol. The molecule has 0 aliphatic rings. The van der Waals surface area contributed by atoms with Gasteiger partial charge in [-0.05, 0) is 80.5 Å². The molecule has 0 saturated carbocycles. The molecule has 5 heteroatoms. The fourth-order valence-electron chi connectivity index (χ4n) is 8.55. The van der Waals surface area contributed by atoms with Crippen LogP contribution in [0, 0.1) is 22.2 Å². The Balaban J connectivity index is 5.76. The van der Waals surface area contributed by atoms with Crippen LogP contribution in [0.25, 0.3) is 0 Å². The predicted octanol–water partition coefficient (Wildman–Crippen LogP) is 18.4. The molecule has 0 aromatic rings. The van der Waals surface area contributed by atoms with Gasteiger partial charge < -0.3 is 23.7 Å². The molecule has 1 unspecified atom stereocenters. The fourth-order valence-corrected chi connectivity index (χ4v) is 8.55. The zero-order valence-corrected chi connectivity index (χ0v) is 43.9. The minimum Gasteiger partial charge on any atom is -0.385 e. The summed E-state index contributed by atoms with van der Waals surface area (Å²) in [6.45, 7) is 28.0. The summed E-state index contributed by atoms with van der Waals surface area (Å²) in [4.78, 5) is 0. The van der Waals surface area contributed by atoms with Crippen molar-refractivity contribution in [3.63, 3.8) is 0 Å². The maximum atomic E-state index is 7.08. The number of rotatable bonds is 46. The SMILES string of the molecule is CCCCCCCCC(CCCOCCCOC)C(OCCCCCCCCCC(C)(C)C)(OCCCCCCCCCC(C)(C)C)OCCCCCCCCCC(C)(C)C. The van der Waals surface area contributed by atoms with Crippen molar-refractivity contribution in [2.75, 3.05) is 46.8 Å². The van der Waals surface area contributed by atoms with E-state index in [1.807, 2.05) is 0 Å². The van der Waals surface area contributed by atoms with Crippen LogP contribution < -0.4 is 0 Å². The summed E-state index contributed by atoms with van der Waals surface area (Å²) >= 11 is 0. The summed E-state index contributed by atoms with van der Waals surface area (Å²) in [6, 6.07) is 0. The van der Waals surface area contributed by atoms with Crippen molar-refractivity contribution in [2.45, 2.75) is 294 Å². The molecule has 0 bridgehead atoms. The first-order valence-corrected chi connectivity index (χ1v) is 27.1. The van der Waals surface area contributed by atoms with Gasteiger partial charge in [-0.2, -0.15) is 0 Å². The predicted molar refractivity (Wildman–Crippen MR) is 268 cm³/mol. The molecule has 368 valence electrons. The van der Waals surface area contributed by atoms with E-state index < -0.39 is 5.97 Å². The van der Waals surface area contributed by atoms with Gasteiger partial charge in [-0.3, -0.25) is 0 Å². The molecule has 0 heterocycles. The van der Waals surface area contributed by atoms with Crippen molar-refractivity contribution >= 4 is 0 Å². The third kappa shape index (κ3) is 43.5. The normalized spacial score (nSPS) is 13.4. The molecule has 0 aromatic carbocycles.